The van der Waals surface area contributed by atoms with Crippen LogP contribution in [0.2, 0.25) is 0 Å². The van der Waals surface area contributed by atoms with Gasteiger partial charge in [0.25, 0.3) is 0 Å². The maximum atomic E-state index is 5.66. The lowest BCUT2D eigenvalue weighted by molar-refractivity contribution is 0.181. The first-order chi connectivity index (χ1) is 5.93. The molecular weight excluding hydrogens is 152 g/mol. The molecule has 2 aliphatic carbocycles. The summed E-state index contributed by atoms with van der Waals surface area (Å²) < 4.78 is 11.3. The summed E-state index contributed by atoms with van der Waals surface area (Å²) in [6, 6.07) is 0. The van der Waals surface area contributed by atoms with Crippen molar-refractivity contribution in [3.8, 4) is 0 Å². The Morgan fingerprint density at radius 1 is 0.750 bits per heavy atom. The van der Waals surface area contributed by atoms with Crippen LogP contribution >= 0.6 is 0 Å². The third-order valence-electron chi connectivity index (χ3n) is 4.19. The van der Waals surface area contributed by atoms with E-state index in [4.69, 9.17) is 9.47 Å². The van der Waals surface area contributed by atoms with E-state index in [-0.39, 0.29) is 0 Å². The Morgan fingerprint density at radius 2 is 1.33 bits per heavy atom. The normalized spacial score (nSPS) is 66.0. The summed E-state index contributed by atoms with van der Waals surface area (Å²) in [6.07, 6.45) is 7.94. The van der Waals surface area contributed by atoms with Crippen molar-refractivity contribution in [2.45, 2.75) is 50.1 Å². The maximum Gasteiger partial charge on any atom is 0.0898 e. The number of hydrogen-bond acceptors (Lipinski definition) is 2. The average molecular weight is 166 g/mol. The molecule has 66 valence electrons. The summed E-state index contributed by atoms with van der Waals surface area (Å²) in [7, 11) is 0. The molecule has 2 aliphatic heterocycles. The highest BCUT2D eigenvalue weighted by atomic mass is 16.6. The number of fused-ring (bicyclic) bond motifs is 5. The largest absolute Gasteiger partial charge is 0.369 e. The van der Waals surface area contributed by atoms with Crippen LogP contribution < -0.4 is 0 Å². The Kier molecular flexibility index (Phi) is 0.999. The van der Waals surface area contributed by atoms with Crippen molar-refractivity contribution in [2.24, 2.45) is 11.8 Å². The molecule has 4 atom stereocenters. The molecule has 0 aromatic heterocycles. The zero-order valence-corrected chi connectivity index (χ0v) is 7.11. The second-order valence-corrected chi connectivity index (χ2v) is 4.77. The predicted molar refractivity (Wildman–Crippen MR) is 42.8 cm³/mol. The molecule has 0 aromatic rings. The van der Waals surface area contributed by atoms with Crippen LogP contribution in [0.5, 0.6) is 0 Å². The van der Waals surface area contributed by atoms with Gasteiger partial charge < -0.3 is 9.47 Å². The van der Waals surface area contributed by atoms with Crippen molar-refractivity contribution < 1.29 is 9.47 Å². The van der Waals surface area contributed by atoms with Gasteiger partial charge in [-0.05, 0) is 31.6 Å². The summed E-state index contributed by atoms with van der Waals surface area (Å²) in [5, 5.41) is 0. The molecule has 2 saturated heterocycles. The lowest BCUT2D eigenvalue weighted by Gasteiger charge is -2.30. The second kappa shape index (κ2) is 1.88. The number of ether oxygens (including phenoxy) is 2. The molecule has 4 aliphatic rings. The number of epoxide rings is 2. The van der Waals surface area contributed by atoms with E-state index in [1.807, 2.05) is 0 Å². The lowest BCUT2D eigenvalue weighted by atomic mass is 9.71. The van der Waals surface area contributed by atoms with Gasteiger partial charge in [-0.3, -0.25) is 0 Å². The van der Waals surface area contributed by atoms with E-state index in [9.17, 15) is 0 Å². The molecule has 2 heterocycles. The highest BCUT2D eigenvalue weighted by molar-refractivity contribution is 5.09. The highest BCUT2D eigenvalue weighted by Gasteiger charge is 2.62. The maximum absolute atomic E-state index is 5.66. The van der Waals surface area contributed by atoms with E-state index in [2.05, 4.69) is 0 Å². The fraction of sp³-hybridized carbons (Fsp3) is 1.00. The number of rotatable bonds is 0. The van der Waals surface area contributed by atoms with Crippen molar-refractivity contribution in [1.29, 1.82) is 0 Å². The molecule has 0 spiro atoms. The van der Waals surface area contributed by atoms with Crippen LogP contribution in [0.1, 0.15) is 25.7 Å². The fourth-order valence-electron chi connectivity index (χ4n) is 3.46. The van der Waals surface area contributed by atoms with E-state index in [0.29, 0.717) is 24.4 Å². The zero-order chi connectivity index (χ0) is 7.71. The molecule has 4 rings (SSSR count). The number of hydrogen-bond donors (Lipinski definition) is 0. The molecule has 0 aromatic carbocycles. The third-order valence-corrected chi connectivity index (χ3v) is 4.19. The quantitative estimate of drug-likeness (QED) is 0.507. The van der Waals surface area contributed by atoms with Crippen molar-refractivity contribution in [1.82, 2.24) is 0 Å². The summed E-state index contributed by atoms with van der Waals surface area (Å²) in [5.41, 5.74) is 0. The SMILES string of the molecule is C1CC2OC2C2C1CCC1OC12. The Bertz CT molecular complexity index is 206. The lowest BCUT2D eigenvalue weighted by Crippen LogP contribution is -2.34. The van der Waals surface area contributed by atoms with Gasteiger partial charge in [0.15, 0.2) is 0 Å². The minimum atomic E-state index is 0.610. The van der Waals surface area contributed by atoms with Gasteiger partial charge >= 0.3 is 0 Å². The van der Waals surface area contributed by atoms with Crippen LogP contribution in [0.4, 0.5) is 0 Å². The van der Waals surface area contributed by atoms with Crippen LogP contribution in [-0.2, 0) is 9.47 Å². The van der Waals surface area contributed by atoms with Crippen molar-refractivity contribution in [3.63, 3.8) is 0 Å². The molecule has 0 amide bonds. The molecule has 0 N–H and O–H groups in total. The van der Waals surface area contributed by atoms with E-state index in [1.54, 1.807) is 0 Å². The Balaban J connectivity index is 1.65. The highest BCUT2D eigenvalue weighted by Crippen LogP contribution is 2.55. The van der Waals surface area contributed by atoms with Gasteiger partial charge in [0.2, 0.25) is 0 Å². The molecule has 2 nitrogen and oxygen atoms in total. The van der Waals surface area contributed by atoms with E-state index in [0.717, 1.165) is 11.8 Å². The van der Waals surface area contributed by atoms with Gasteiger partial charge in [-0.15, -0.1) is 0 Å². The third kappa shape index (κ3) is 0.686. The van der Waals surface area contributed by atoms with Gasteiger partial charge in [-0.1, -0.05) is 0 Å². The Labute approximate surface area is 72.2 Å². The van der Waals surface area contributed by atoms with Gasteiger partial charge in [0.05, 0.1) is 24.4 Å². The van der Waals surface area contributed by atoms with Gasteiger partial charge in [0.1, 0.15) is 0 Å². The van der Waals surface area contributed by atoms with Gasteiger partial charge in [-0.2, -0.15) is 0 Å². The molecule has 4 unspecified atom stereocenters. The standard InChI is InChI=1S/C10H14O2/c1-3-6-9(11-6)8-5(1)2-4-7-10(8)12-7/h5-10H,1-4H2. The second-order valence-electron chi connectivity index (χ2n) is 4.77. The molecule has 2 saturated carbocycles. The fourth-order valence-corrected chi connectivity index (χ4v) is 3.46. The molecular formula is C10H14O2. The van der Waals surface area contributed by atoms with Crippen molar-refractivity contribution in [2.75, 3.05) is 0 Å². The van der Waals surface area contributed by atoms with E-state index < -0.39 is 0 Å². The van der Waals surface area contributed by atoms with E-state index in [1.165, 1.54) is 25.7 Å². The van der Waals surface area contributed by atoms with Crippen molar-refractivity contribution in [3.05, 3.63) is 0 Å². The molecule has 0 radical (unpaired) electrons. The first kappa shape index (κ1) is 6.39. The van der Waals surface area contributed by atoms with Crippen LogP contribution in [0.3, 0.4) is 0 Å². The minimum Gasteiger partial charge on any atom is -0.369 e. The molecule has 4 fully saturated rings. The first-order valence-electron chi connectivity index (χ1n) is 5.24. The van der Waals surface area contributed by atoms with Crippen LogP contribution in [0.25, 0.3) is 0 Å². The Morgan fingerprint density at radius 3 is 1.92 bits per heavy atom. The summed E-state index contributed by atoms with van der Waals surface area (Å²) in [4.78, 5) is 0. The van der Waals surface area contributed by atoms with Crippen LogP contribution in [-0.4, -0.2) is 24.4 Å². The van der Waals surface area contributed by atoms with Crippen LogP contribution in [0, 0.1) is 11.8 Å². The minimum absolute atomic E-state index is 0.610. The van der Waals surface area contributed by atoms with Gasteiger partial charge in [-0.25, -0.2) is 0 Å². The predicted octanol–water partition coefficient (Wildman–Crippen LogP) is 1.34. The Hall–Kier alpha value is -0.0800. The van der Waals surface area contributed by atoms with E-state index >= 15 is 0 Å². The van der Waals surface area contributed by atoms with Crippen LogP contribution in [0.15, 0.2) is 0 Å². The van der Waals surface area contributed by atoms with Crippen molar-refractivity contribution >= 4 is 0 Å². The summed E-state index contributed by atoms with van der Waals surface area (Å²) in [5.74, 6) is 1.74. The zero-order valence-electron chi connectivity index (χ0n) is 7.11. The van der Waals surface area contributed by atoms with Gasteiger partial charge in [0, 0.05) is 5.92 Å². The topological polar surface area (TPSA) is 25.1 Å². The molecule has 12 heavy (non-hydrogen) atoms. The smallest absolute Gasteiger partial charge is 0.0898 e. The molecule has 0 bridgehead atoms. The average Bonchev–Trinajstić information content (AvgIpc) is 2.98. The summed E-state index contributed by atoms with van der Waals surface area (Å²) >= 11 is 0. The monoisotopic (exact) mass is 166 g/mol. The summed E-state index contributed by atoms with van der Waals surface area (Å²) in [6.45, 7) is 0. The first-order valence-corrected chi connectivity index (χ1v) is 5.24. The molecule has 2 heteroatoms.